The Balaban J connectivity index is 1.89. The van der Waals surface area contributed by atoms with Crippen LogP contribution in [0.5, 0.6) is 11.5 Å². The lowest BCUT2D eigenvalue weighted by molar-refractivity contribution is 0.0762. The summed E-state index contributed by atoms with van der Waals surface area (Å²) in [5.74, 6) is -0.859. The van der Waals surface area contributed by atoms with Gasteiger partial charge in [-0.05, 0) is 18.6 Å². The average Bonchev–Trinajstić information content (AvgIpc) is 3.01. The number of benzene rings is 1. The van der Waals surface area contributed by atoms with E-state index >= 15 is 0 Å². The molecule has 0 radical (unpaired) electrons. The van der Waals surface area contributed by atoms with Crippen molar-refractivity contribution in [2.24, 2.45) is 0 Å². The van der Waals surface area contributed by atoms with E-state index in [0.717, 1.165) is 0 Å². The minimum atomic E-state index is -0.745. The molecule has 1 fully saturated rings. The number of likely N-dealkylation sites (tertiary alicyclic amines) is 1. The highest BCUT2D eigenvalue weighted by molar-refractivity contribution is 5.99. The highest BCUT2D eigenvalue weighted by Gasteiger charge is 2.28. The summed E-state index contributed by atoms with van der Waals surface area (Å²) in [6.45, 7) is 0.616. The van der Waals surface area contributed by atoms with Crippen LogP contribution >= 0.6 is 0 Å². The number of hydrogen-bond acceptors (Lipinski definition) is 7. The van der Waals surface area contributed by atoms with E-state index in [4.69, 9.17) is 4.74 Å². The largest absolute Gasteiger partial charge is 0.505 e. The lowest BCUT2D eigenvalue weighted by atomic mass is 10.1. The number of methoxy groups -OCH3 is 1. The Morgan fingerprint density at radius 2 is 2.08 bits per heavy atom. The van der Waals surface area contributed by atoms with Crippen LogP contribution in [0.25, 0.3) is 0 Å². The highest BCUT2D eigenvalue weighted by Crippen LogP contribution is 2.33. The molecule has 3 N–H and O–H groups in total. The molecule has 0 bridgehead atoms. The first-order valence-corrected chi connectivity index (χ1v) is 7.37. The van der Waals surface area contributed by atoms with Gasteiger partial charge in [-0.25, -0.2) is 0 Å². The summed E-state index contributed by atoms with van der Waals surface area (Å²) >= 11 is 0. The monoisotopic (exact) mass is 332 g/mol. The number of para-hydroxylation sites is 1. The maximum atomic E-state index is 12.4. The van der Waals surface area contributed by atoms with E-state index < -0.39 is 22.9 Å². The van der Waals surface area contributed by atoms with Crippen LogP contribution in [0.2, 0.25) is 0 Å². The quantitative estimate of drug-likeness (QED) is 0.531. The van der Waals surface area contributed by atoms with Crippen LogP contribution in [0, 0.1) is 0 Å². The number of phenols is 1. The van der Waals surface area contributed by atoms with Gasteiger partial charge in [-0.3, -0.25) is 14.4 Å². The van der Waals surface area contributed by atoms with Gasteiger partial charge >= 0.3 is 0 Å². The van der Waals surface area contributed by atoms with Crippen molar-refractivity contribution in [3.63, 3.8) is 0 Å². The van der Waals surface area contributed by atoms with E-state index in [2.05, 4.69) is 5.32 Å². The molecule has 2 aromatic rings. The molecule has 0 unspecified atom stereocenters. The van der Waals surface area contributed by atoms with Crippen molar-refractivity contribution in [1.82, 2.24) is 4.90 Å². The molecule has 126 valence electrons. The van der Waals surface area contributed by atoms with Gasteiger partial charge in [0.1, 0.15) is 5.69 Å². The molecule has 1 atom stereocenters. The smallest absolute Gasteiger partial charge is 0.272 e. The van der Waals surface area contributed by atoms with Crippen molar-refractivity contribution >= 4 is 17.3 Å². The summed E-state index contributed by atoms with van der Waals surface area (Å²) < 4.78 is 4.83. The molecule has 24 heavy (non-hydrogen) atoms. The van der Waals surface area contributed by atoms with Crippen molar-refractivity contribution < 1.29 is 19.7 Å². The Labute approximate surface area is 136 Å². The second kappa shape index (κ2) is 5.97. The molecule has 0 aromatic heterocycles. The molecule has 1 amide bonds. The predicted octanol–water partition coefficient (Wildman–Crippen LogP) is -0.0528. The fourth-order valence-electron chi connectivity index (χ4n) is 2.73. The van der Waals surface area contributed by atoms with Crippen LogP contribution in [0.4, 0.5) is 11.4 Å². The minimum Gasteiger partial charge on any atom is -0.505 e. The van der Waals surface area contributed by atoms with Gasteiger partial charge < -0.3 is 25.2 Å². The number of carbonyl (C=O) groups excluding carboxylic acids is 1. The summed E-state index contributed by atoms with van der Waals surface area (Å²) in [4.78, 5) is 36.8. The Hall–Kier alpha value is -2.87. The standard InChI is InChI=1S/C16H16N2O6/c1-24-15-11(13(21)14(15)22)17-10-4-2-3-9(12(10)20)16(23)18-6-5-8(19)7-18/h2-4,8,17,19-20H,5-7H2,1H3/t8-/m1/s1. The fourth-order valence-corrected chi connectivity index (χ4v) is 2.73. The van der Waals surface area contributed by atoms with Gasteiger partial charge in [-0.1, -0.05) is 6.07 Å². The molecule has 1 saturated heterocycles. The van der Waals surface area contributed by atoms with Gasteiger partial charge in [0.05, 0.1) is 24.5 Å². The van der Waals surface area contributed by atoms with Crippen LogP contribution in [0.15, 0.2) is 27.8 Å². The van der Waals surface area contributed by atoms with Crippen LogP contribution in [0.1, 0.15) is 16.8 Å². The van der Waals surface area contributed by atoms with Gasteiger partial charge in [0, 0.05) is 13.1 Å². The second-order valence-electron chi connectivity index (χ2n) is 5.59. The molecule has 3 rings (SSSR count). The summed E-state index contributed by atoms with van der Waals surface area (Å²) in [6.07, 6.45) is -0.0732. The van der Waals surface area contributed by atoms with Gasteiger partial charge in [0.2, 0.25) is 0 Å². The highest BCUT2D eigenvalue weighted by atomic mass is 16.5. The Morgan fingerprint density at radius 3 is 2.71 bits per heavy atom. The minimum absolute atomic E-state index is 0.0479. The molecule has 1 heterocycles. The SMILES string of the molecule is COc1c(Nc2cccc(C(=O)N3CC[C@@H](O)C3)c2O)c(=O)c1=O. The number of aliphatic hydroxyl groups excluding tert-OH is 1. The third kappa shape index (κ3) is 2.50. The lowest BCUT2D eigenvalue weighted by Crippen LogP contribution is -2.34. The molecule has 8 nitrogen and oxygen atoms in total. The maximum Gasteiger partial charge on any atom is 0.272 e. The van der Waals surface area contributed by atoms with E-state index in [1.807, 2.05) is 0 Å². The predicted molar refractivity (Wildman–Crippen MR) is 85.8 cm³/mol. The molecule has 0 saturated carbocycles. The summed E-state index contributed by atoms with van der Waals surface area (Å²) in [5.41, 5.74) is -1.37. The fraction of sp³-hybridized carbons (Fsp3) is 0.312. The number of carbonyl (C=O) groups is 1. The van der Waals surface area contributed by atoms with Crippen LogP contribution in [-0.2, 0) is 0 Å². The summed E-state index contributed by atoms with van der Waals surface area (Å²) in [5, 5.41) is 22.5. The Bertz CT molecular complexity index is 868. The van der Waals surface area contributed by atoms with Crippen molar-refractivity contribution in [3.05, 3.63) is 44.2 Å². The van der Waals surface area contributed by atoms with Crippen molar-refractivity contribution in [2.45, 2.75) is 12.5 Å². The Kier molecular flexibility index (Phi) is 3.98. The molecular formula is C16H16N2O6. The van der Waals surface area contributed by atoms with Crippen molar-refractivity contribution in [1.29, 1.82) is 0 Å². The second-order valence-corrected chi connectivity index (χ2v) is 5.59. The number of anilines is 2. The zero-order valence-electron chi connectivity index (χ0n) is 12.9. The van der Waals surface area contributed by atoms with E-state index in [0.29, 0.717) is 13.0 Å². The normalized spacial score (nSPS) is 17.2. The van der Waals surface area contributed by atoms with Crippen molar-refractivity contribution in [3.8, 4) is 11.5 Å². The number of hydrogen-bond donors (Lipinski definition) is 3. The number of aliphatic hydroxyl groups is 1. The van der Waals surface area contributed by atoms with E-state index in [1.165, 1.54) is 24.1 Å². The average molecular weight is 332 g/mol. The zero-order chi connectivity index (χ0) is 17.4. The molecule has 0 aliphatic carbocycles. The van der Waals surface area contributed by atoms with Gasteiger partial charge in [0.15, 0.2) is 11.5 Å². The molecule has 0 spiro atoms. The first-order valence-electron chi connectivity index (χ1n) is 7.37. The number of phenolic OH excluding ortho intramolecular Hbond substituents is 1. The lowest BCUT2D eigenvalue weighted by Gasteiger charge is -2.18. The number of nitrogens with zero attached hydrogens (tertiary/aromatic N) is 1. The number of β-amino-alcohol motifs (C(OH)–C–C–N with tert-alkyl or cyclic N) is 1. The van der Waals surface area contributed by atoms with Gasteiger partial charge in [-0.15, -0.1) is 0 Å². The third-order valence-corrected chi connectivity index (χ3v) is 4.05. The van der Waals surface area contributed by atoms with E-state index in [9.17, 15) is 24.6 Å². The van der Waals surface area contributed by atoms with Gasteiger partial charge in [-0.2, -0.15) is 0 Å². The third-order valence-electron chi connectivity index (χ3n) is 4.05. The molecular weight excluding hydrogens is 316 g/mol. The molecule has 1 aliphatic rings. The first-order chi connectivity index (χ1) is 11.4. The number of amides is 1. The number of rotatable bonds is 4. The number of ether oxygens (including phenoxy) is 1. The molecule has 8 heteroatoms. The van der Waals surface area contributed by atoms with Crippen LogP contribution in [-0.4, -0.2) is 47.3 Å². The topological polar surface area (TPSA) is 116 Å². The maximum absolute atomic E-state index is 12.4. The molecule has 1 aliphatic heterocycles. The number of aromatic hydroxyl groups is 1. The van der Waals surface area contributed by atoms with Crippen LogP contribution < -0.4 is 20.9 Å². The summed E-state index contributed by atoms with van der Waals surface area (Å²) in [7, 11) is 1.26. The molecule has 2 aromatic carbocycles. The van der Waals surface area contributed by atoms with Gasteiger partial charge in [0.25, 0.3) is 16.8 Å². The van der Waals surface area contributed by atoms with E-state index in [1.54, 1.807) is 6.07 Å². The summed E-state index contributed by atoms with van der Waals surface area (Å²) in [6, 6.07) is 4.47. The van der Waals surface area contributed by atoms with E-state index in [-0.39, 0.29) is 35.0 Å². The first kappa shape index (κ1) is 16.0. The zero-order valence-corrected chi connectivity index (χ0v) is 12.9. The van der Waals surface area contributed by atoms with Crippen LogP contribution in [0.3, 0.4) is 0 Å². The Morgan fingerprint density at radius 1 is 1.33 bits per heavy atom. The number of nitrogens with one attached hydrogen (secondary N) is 1. The van der Waals surface area contributed by atoms with Crippen molar-refractivity contribution in [2.75, 3.05) is 25.5 Å².